The van der Waals surface area contributed by atoms with E-state index in [4.69, 9.17) is 9.84 Å². The number of hydrogen-bond donors (Lipinski definition) is 2. The lowest BCUT2D eigenvalue weighted by Crippen LogP contribution is -2.13. The molecule has 38 heavy (non-hydrogen) atoms. The minimum atomic E-state index is -1.32. The van der Waals surface area contributed by atoms with Gasteiger partial charge in [0.15, 0.2) is 5.13 Å². The van der Waals surface area contributed by atoms with Crippen LogP contribution in [-0.2, 0) is 9.53 Å². The van der Waals surface area contributed by atoms with Crippen molar-refractivity contribution in [2.75, 3.05) is 11.9 Å². The molecule has 0 aliphatic heterocycles. The maximum Gasteiger partial charge on any atom is 0.331 e. The van der Waals surface area contributed by atoms with Gasteiger partial charge < -0.3 is 9.84 Å². The summed E-state index contributed by atoms with van der Waals surface area (Å²) in [6, 6.07) is 6.60. The first-order valence-corrected chi connectivity index (χ1v) is 13.1. The molecule has 1 atom stereocenters. The minimum absolute atomic E-state index is 0.115. The maximum absolute atomic E-state index is 15.4. The number of nitrogens with zero attached hydrogens (tertiary/aromatic N) is 1. The Morgan fingerprint density at radius 3 is 2.50 bits per heavy atom. The summed E-state index contributed by atoms with van der Waals surface area (Å²) in [6.45, 7) is 5.76. The molecule has 0 saturated heterocycles. The molecule has 0 aliphatic rings. The third kappa shape index (κ3) is 7.08. The van der Waals surface area contributed by atoms with Crippen molar-refractivity contribution in [3.05, 3.63) is 75.4 Å². The predicted molar refractivity (Wildman–Crippen MR) is 142 cm³/mol. The zero-order valence-corrected chi connectivity index (χ0v) is 22.1. The van der Waals surface area contributed by atoms with Gasteiger partial charge in [-0.1, -0.05) is 38.8 Å². The van der Waals surface area contributed by atoms with Crippen LogP contribution in [-0.4, -0.2) is 28.6 Å². The molecule has 3 rings (SSSR count). The van der Waals surface area contributed by atoms with E-state index in [9.17, 15) is 18.4 Å². The van der Waals surface area contributed by atoms with Gasteiger partial charge in [-0.3, -0.25) is 10.1 Å². The number of amides is 1. The van der Waals surface area contributed by atoms with Crippen molar-refractivity contribution in [3.63, 3.8) is 0 Å². The first-order chi connectivity index (χ1) is 18.2. The number of carboxylic acid groups (broad SMARTS) is 1. The van der Waals surface area contributed by atoms with Crippen molar-refractivity contribution < 1.29 is 32.6 Å². The lowest BCUT2D eigenvalue weighted by molar-refractivity contribution is -0.132. The molecule has 0 radical (unpaired) electrons. The summed E-state index contributed by atoms with van der Waals surface area (Å²) in [4.78, 5) is 27.9. The second-order valence-electron chi connectivity index (χ2n) is 8.66. The van der Waals surface area contributed by atoms with E-state index in [-0.39, 0.29) is 21.8 Å². The van der Waals surface area contributed by atoms with E-state index in [2.05, 4.69) is 17.2 Å². The Morgan fingerprint density at radius 2 is 1.87 bits per heavy atom. The summed E-state index contributed by atoms with van der Waals surface area (Å²) in [5, 5.41) is 13.1. The van der Waals surface area contributed by atoms with Crippen LogP contribution in [0.25, 0.3) is 17.3 Å². The number of hydrogen-bond acceptors (Lipinski definition) is 5. The van der Waals surface area contributed by atoms with Gasteiger partial charge in [0, 0.05) is 39.8 Å². The molecule has 2 aromatic carbocycles. The maximum atomic E-state index is 15.4. The Hall–Kier alpha value is -3.50. The van der Waals surface area contributed by atoms with E-state index >= 15 is 4.39 Å². The number of rotatable bonds is 12. The summed E-state index contributed by atoms with van der Waals surface area (Å²) >= 11 is 1.04. The molecule has 0 fully saturated rings. The SMILES string of the molecule is CCCCCOC(CC)c1cccc(-c2csc(NC(=O)c3cc(F)c(C=C(C)C(=O)O)c(F)c3)n2)c1F. The number of anilines is 1. The molecule has 0 aliphatic carbocycles. The molecule has 0 bridgehead atoms. The number of thiazole rings is 1. The Balaban J connectivity index is 1.78. The normalized spacial score (nSPS) is 12.4. The van der Waals surface area contributed by atoms with Crippen LogP contribution < -0.4 is 5.32 Å². The number of halogens is 3. The van der Waals surface area contributed by atoms with Crippen LogP contribution >= 0.6 is 11.3 Å². The second-order valence-corrected chi connectivity index (χ2v) is 9.52. The van der Waals surface area contributed by atoms with Crippen LogP contribution in [0, 0.1) is 17.5 Å². The Morgan fingerprint density at radius 1 is 1.16 bits per heavy atom. The van der Waals surface area contributed by atoms with Gasteiger partial charge in [0.2, 0.25) is 0 Å². The second kappa shape index (κ2) is 13.3. The Kier molecular flexibility index (Phi) is 10.2. The van der Waals surface area contributed by atoms with Crippen molar-refractivity contribution in [2.24, 2.45) is 0 Å². The number of carbonyl (C=O) groups excluding carboxylic acids is 1. The van der Waals surface area contributed by atoms with Crippen LogP contribution in [0.5, 0.6) is 0 Å². The van der Waals surface area contributed by atoms with Gasteiger partial charge in [-0.15, -0.1) is 11.3 Å². The molecule has 3 aromatic rings. The van der Waals surface area contributed by atoms with Crippen molar-refractivity contribution >= 4 is 34.4 Å². The number of nitrogens with one attached hydrogen (secondary N) is 1. The minimum Gasteiger partial charge on any atom is -0.478 e. The summed E-state index contributed by atoms with van der Waals surface area (Å²) < 4.78 is 50.2. The number of aromatic nitrogens is 1. The van der Waals surface area contributed by atoms with Crippen molar-refractivity contribution in [3.8, 4) is 11.3 Å². The van der Waals surface area contributed by atoms with E-state index < -0.39 is 41.0 Å². The van der Waals surface area contributed by atoms with E-state index in [0.717, 1.165) is 48.8 Å². The lowest BCUT2D eigenvalue weighted by Gasteiger charge is -2.18. The molecule has 0 saturated carbocycles. The fourth-order valence-electron chi connectivity index (χ4n) is 3.76. The average molecular weight is 547 g/mol. The molecule has 1 aromatic heterocycles. The van der Waals surface area contributed by atoms with Crippen LogP contribution in [0.4, 0.5) is 18.3 Å². The first kappa shape index (κ1) is 29.1. The number of benzene rings is 2. The van der Waals surface area contributed by atoms with Crippen LogP contribution in [0.2, 0.25) is 0 Å². The third-order valence-corrected chi connectivity index (χ3v) is 6.61. The van der Waals surface area contributed by atoms with E-state index in [1.165, 1.54) is 6.92 Å². The molecule has 6 nitrogen and oxygen atoms in total. The molecule has 1 heterocycles. The summed E-state index contributed by atoms with van der Waals surface area (Å²) in [5.74, 6) is -4.78. The molecule has 0 spiro atoms. The van der Waals surface area contributed by atoms with Gasteiger partial charge in [0.25, 0.3) is 5.91 Å². The standard InChI is InChI=1S/C28H29F3N2O4S/c1-4-6-7-11-37-24(5-2)19-10-8-9-18(25(19)31)23-15-38-28(32-23)33-26(34)17-13-21(29)20(22(30)14-17)12-16(3)27(35)36/h8-10,12-15,24H,4-7,11H2,1-3H3,(H,35,36)(H,32,33,34). The molecule has 2 N–H and O–H groups in total. The van der Waals surface area contributed by atoms with E-state index in [1.807, 2.05) is 6.92 Å². The highest BCUT2D eigenvalue weighted by Gasteiger charge is 2.20. The van der Waals surface area contributed by atoms with Crippen LogP contribution in [0.1, 0.15) is 74.0 Å². The Labute approximate surface area is 223 Å². The number of aliphatic carboxylic acids is 1. The van der Waals surface area contributed by atoms with Crippen LogP contribution in [0.15, 0.2) is 41.3 Å². The molecular formula is C28H29F3N2O4S. The summed E-state index contributed by atoms with van der Waals surface area (Å²) in [5.41, 5.74) is -0.170. The Bertz CT molecular complexity index is 1320. The predicted octanol–water partition coefficient (Wildman–Crippen LogP) is 7.63. The zero-order valence-electron chi connectivity index (χ0n) is 21.3. The average Bonchev–Trinajstić information content (AvgIpc) is 3.34. The van der Waals surface area contributed by atoms with Gasteiger partial charge in [-0.05, 0) is 44.0 Å². The highest BCUT2D eigenvalue weighted by molar-refractivity contribution is 7.14. The zero-order chi connectivity index (χ0) is 27.8. The smallest absolute Gasteiger partial charge is 0.331 e. The van der Waals surface area contributed by atoms with Crippen LogP contribution in [0.3, 0.4) is 0 Å². The fraction of sp³-hybridized carbons (Fsp3) is 0.321. The van der Waals surface area contributed by atoms with E-state index in [0.29, 0.717) is 24.3 Å². The summed E-state index contributed by atoms with van der Waals surface area (Å²) in [7, 11) is 0. The molecular weight excluding hydrogens is 517 g/mol. The monoisotopic (exact) mass is 546 g/mol. The first-order valence-electron chi connectivity index (χ1n) is 12.2. The number of carboxylic acids is 1. The number of unbranched alkanes of at least 4 members (excludes halogenated alkanes) is 2. The van der Waals surface area contributed by atoms with Crippen molar-refractivity contribution in [1.29, 1.82) is 0 Å². The summed E-state index contributed by atoms with van der Waals surface area (Å²) in [6.07, 6.45) is 4.06. The van der Waals surface area contributed by atoms with Crippen molar-refractivity contribution in [2.45, 2.75) is 52.6 Å². The van der Waals surface area contributed by atoms with Gasteiger partial charge in [-0.25, -0.2) is 22.9 Å². The third-order valence-electron chi connectivity index (χ3n) is 5.85. The lowest BCUT2D eigenvalue weighted by atomic mass is 10.0. The highest BCUT2D eigenvalue weighted by Crippen LogP contribution is 2.33. The quantitative estimate of drug-likeness (QED) is 0.180. The van der Waals surface area contributed by atoms with Gasteiger partial charge >= 0.3 is 5.97 Å². The molecule has 10 heteroatoms. The van der Waals surface area contributed by atoms with Crippen molar-refractivity contribution in [1.82, 2.24) is 4.98 Å². The molecule has 1 unspecified atom stereocenters. The number of carbonyl (C=O) groups is 2. The fourth-order valence-corrected chi connectivity index (χ4v) is 4.46. The largest absolute Gasteiger partial charge is 0.478 e. The van der Waals surface area contributed by atoms with E-state index in [1.54, 1.807) is 23.6 Å². The van der Waals surface area contributed by atoms with Gasteiger partial charge in [-0.2, -0.15) is 0 Å². The highest BCUT2D eigenvalue weighted by atomic mass is 32.1. The van der Waals surface area contributed by atoms with Gasteiger partial charge in [0.05, 0.1) is 11.8 Å². The molecule has 1 amide bonds. The van der Waals surface area contributed by atoms with Gasteiger partial charge in [0.1, 0.15) is 17.5 Å². The number of ether oxygens (including phenoxy) is 1. The topological polar surface area (TPSA) is 88.5 Å². The molecule has 202 valence electrons.